The first kappa shape index (κ1) is 15.0. The Morgan fingerprint density at radius 3 is 2.85 bits per heavy atom. The molecule has 0 saturated carbocycles. The summed E-state index contributed by atoms with van der Waals surface area (Å²) >= 11 is 0. The average molecular weight is 275 g/mol. The zero-order valence-electron chi connectivity index (χ0n) is 12.4. The minimum absolute atomic E-state index is 0.0689. The summed E-state index contributed by atoms with van der Waals surface area (Å²) in [6.07, 6.45) is 1.18. The second-order valence-electron chi connectivity index (χ2n) is 5.65. The van der Waals surface area contributed by atoms with Crippen LogP contribution in [-0.2, 0) is 4.79 Å². The normalized spacial score (nSPS) is 20.8. The molecule has 1 amide bonds. The van der Waals surface area contributed by atoms with E-state index in [1.807, 2.05) is 44.3 Å². The minimum atomic E-state index is 0.0689. The first-order chi connectivity index (χ1) is 9.69. The van der Waals surface area contributed by atoms with Gasteiger partial charge >= 0.3 is 0 Å². The smallest absolute Gasteiger partial charge is 0.234 e. The van der Waals surface area contributed by atoms with Crippen LogP contribution in [0, 0.1) is 5.92 Å². The lowest BCUT2D eigenvalue weighted by atomic mass is 10.1. The van der Waals surface area contributed by atoms with Crippen molar-refractivity contribution in [3.05, 3.63) is 35.9 Å². The third-order valence-electron chi connectivity index (χ3n) is 3.91. The summed E-state index contributed by atoms with van der Waals surface area (Å²) in [5.41, 5.74) is 1.15. The van der Waals surface area contributed by atoms with Gasteiger partial charge in [-0.15, -0.1) is 0 Å². The van der Waals surface area contributed by atoms with Crippen molar-refractivity contribution in [2.75, 3.05) is 33.2 Å². The van der Waals surface area contributed by atoms with Gasteiger partial charge < -0.3 is 10.6 Å². The zero-order valence-corrected chi connectivity index (χ0v) is 12.4. The van der Waals surface area contributed by atoms with Crippen LogP contribution in [0.15, 0.2) is 30.3 Å². The number of hydrogen-bond acceptors (Lipinski definition) is 3. The molecule has 0 spiro atoms. The van der Waals surface area contributed by atoms with Crippen molar-refractivity contribution < 1.29 is 4.79 Å². The number of hydrogen-bond donors (Lipinski definition) is 2. The molecule has 0 aromatic heterocycles. The van der Waals surface area contributed by atoms with Crippen molar-refractivity contribution in [3.8, 4) is 0 Å². The van der Waals surface area contributed by atoms with E-state index in [9.17, 15) is 4.79 Å². The van der Waals surface area contributed by atoms with E-state index in [-0.39, 0.29) is 11.9 Å². The highest BCUT2D eigenvalue weighted by Gasteiger charge is 2.23. The van der Waals surface area contributed by atoms with Crippen LogP contribution in [0.3, 0.4) is 0 Å². The largest absolute Gasteiger partial charge is 0.348 e. The fourth-order valence-corrected chi connectivity index (χ4v) is 2.83. The number of benzene rings is 1. The fraction of sp³-hybridized carbons (Fsp3) is 0.562. The lowest BCUT2D eigenvalue weighted by molar-refractivity contribution is -0.122. The van der Waals surface area contributed by atoms with Crippen molar-refractivity contribution in [3.63, 3.8) is 0 Å². The van der Waals surface area contributed by atoms with Crippen molar-refractivity contribution in [2.24, 2.45) is 5.92 Å². The maximum absolute atomic E-state index is 12.1. The van der Waals surface area contributed by atoms with Crippen molar-refractivity contribution in [2.45, 2.75) is 19.4 Å². The molecule has 1 heterocycles. The quantitative estimate of drug-likeness (QED) is 0.825. The van der Waals surface area contributed by atoms with Crippen LogP contribution < -0.4 is 10.6 Å². The highest BCUT2D eigenvalue weighted by atomic mass is 16.2. The van der Waals surface area contributed by atoms with Crippen LogP contribution in [0.2, 0.25) is 0 Å². The lowest BCUT2D eigenvalue weighted by Crippen LogP contribution is -2.37. The molecule has 1 aliphatic heterocycles. The van der Waals surface area contributed by atoms with Gasteiger partial charge in [-0.2, -0.15) is 0 Å². The lowest BCUT2D eigenvalue weighted by Gasteiger charge is -2.19. The van der Waals surface area contributed by atoms with Gasteiger partial charge in [0.2, 0.25) is 5.91 Å². The monoisotopic (exact) mass is 275 g/mol. The molecule has 1 saturated heterocycles. The molecular weight excluding hydrogens is 250 g/mol. The van der Waals surface area contributed by atoms with E-state index in [1.54, 1.807) is 0 Å². The van der Waals surface area contributed by atoms with Gasteiger partial charge in [-0.05, 0) is 45.0 Å². The van der Waals surface area contributed by atoms with Gasteiger partial charge in [-0.3, -0.25) is 9.69 Å². The van der Waals surface area contributed by atoms with Crippen molar-refractivity contribution in [1.82, 2.24) is 15.5 Å². The Kier molecular flexibility index (Phi) is 5.56. The summed E-state index contributed by atoms with van der Waals surface area (Å²) in [6, 6.07) is 10.2. The van der Waals surface area contributed by atoms with Crippen LogP contribution >= 0.6 is 0 Å². The molecule has 4 nitrogen and oxygen atoms in total. The van der Waals surface area contributed by atoms with Gasteiger partial charge in [0, 0.05) is 6.54 Å². The average Bonchev–Trinajstić information content (AvgIpc) is 2.87. The molecule has 2 unspecified atom stereocenters. The van der Waals surface area contributed by atoms with Gasteiger partial charge in [-0.25, -0.2) is 0 Å². The second kappa shape index (κ2) is 7.41. The third-order valence-corrected chi connectivity index (χ3v) is 3.91. The summed E-state index contributed by atoms with van der Waals surface area (Å²) in [7, 11) is 1.98. The van der Waals surface area contributed by atoms with Crippen molar-refractivity contribution in [1.29, 1.82) is 0 Å². The number of likely N-dealkylation sites (tertiary alicyclic amines) is 1. The molecule has 4 heteroatoms. The topological polar surface area (TPSA) is 44.4 Å². The third kappa shape index (κ3) is 4.32. The van der Waals surface area contributed by atoms with Crippen LogP contribution in [0.25, 0.3) is 0 Å². The van der Waals surface area contributed by atoms with E-state index in [0.29, 0.717) is 12.5 Å². The number of nitrogens with one attached hydrogen (secondary N) is 2. The van der Waals surface area contributed by atoms with E-state index >= 15 is 0 Å². The van der Waals surface area contributed by atoms with Gasteiger partial charge in [0.1, 0.15) is 0 Å². The Bertz CT molecular complexity index is 421. The number of rotatable bonds is 6. The number of amides is 1. The molecule has 110 valence electrons. The molecule has 0 radical (unpaired) electrons. The van der Waals surface area contributed by atoms with E-state index in [4.69, 9.17) is 0 Å². The van der Waals surface area contributed by atoms with E-state index in [2.05, 4.69) is 15.5 Å². The minimum Gasteiger partial charge on any atom is -0.348 e. The Balaban J connectivity index is 1.76. The number of carbonyl (C=O) groups excluding carboxylic acids is 1. The van der Waals surface area contributed by atoms with E-state index in [1.165, 1.54) is 6.42 Å². The predicted octanol–water partition coefficient (Wildman–Crippen LogP) is 1.41. The van der Waals surface area contributed by atoms with E-state index in [0.717, 1.165) is 25.2 Å². The maximum atomic E-state index is 12.1. The summed E-state index contributed by atoms with van der Waals surface area (Å²) in [5, 5.41) is 6.28. The number of nitrogens with zero attached hydrogens (tertiary/aromatic N) is 1. The van der Waals surface area contributed by atoms with Crippen molar-refractivity contribution >= 4 is 5.91 Å². The summed E-state index contributed by atoms with van der Waals surface area (Å²) in [5.74, 6) is 0.797. The fourth-order valence-electron chi connectivity index (χ4n) is 2.83. The van der Waals surface area contributed by atoms with Gasteiger partial charge in [-0.1, -0.05) is 30.3 Å². The first-order valence-corrected chi connectivity index (χ1v) is 7.40. The van der Waals surface area contributed by atoms with Crippen LogP contribution in [0.5, 0.6) is 0 Å². The molecule has 1 fully saturated rings. The van der Waals surface area contributed by atoms with Gasteiger partial charge in [0.05, 0.1) is 12.6 Å². The SMILES string of the molecule is CNCC1CCN(CC(=O)NC(C)c2ccccc2)C1. The summed E-state index contributed by atoms with van der Waals surface area (Å²) in [6.45, 7) is 5.63. The molecule has 2 N–H and O–H groups in total. The van der Waals surface area contributed by atoms with Crippen LogP contribution in [0.1, 0.15) is 24.9 Å². The van der Waals surface area contributed by atoms with Gasteiger partial charge in [0.15, 0.2) is 0 Å². The van der Waals surface area contributed by atoms with E-state index < -0.39 is 0 Å². The summed E-state index contributed by atoms with van der Waals surface area (Å²) in [4.78, 5) is 14.3. The Hall–Kier alpha value is -1.39. The highest BCUT2D eigenvalue weighted by Crippen LogP contribution is 2.15. The molecule has 1 aromatic rings. The maximum Gasteiger partial charge on any atom is 0.234 e. The highest BCUT2D eigenvalue weighted by molar-refractivity contribution is 5.78. The standard InChI is InChI=1S/C16H25N3O/c1-13(15-6-4-3-5-7-15)18-16(20)12-19-9-8-14(11-19)10-17-2/h3-7,13-14,17H,8-12H2,1-2H3,(H,18,20). The summed E-state index contributed by atoms with van der Waals surface area (Å²) < 4.78 is 0. The molecule has 0 aliphatic carbocycles. The predicted molar refractivity (Wildman–Crippen MR) is 81.5 cm³/mol. The van der Waals surface area contributed by atoms with Gasteiger partial charge in [0.25, 0.3) is 0 Å². The molecule has 1 aliphatic rings. The molecule has 2 rings (SSSR count). The van der Waals surface area contributed by atoms with Crippen LogP contribution in [-0.4, -0.2) is 44.0 Å². The zero-order chi connectivity index (χ0) is 14.4. The second-order valence-corrected chi connectivity index (χ2v) is 5.65. The Labute approximate surface area is 121 Å². The van der Waals surface area contributed by atoms with Crippen LogP contribution in [0.4, 0.5) is 0 Å². The Morgan fingerprint density at radius 1 is 1.40 bits per heavy atom. The molecule has 1 aromatic carbocycles. The molecular formula is C16H25N3O. The molecule has 20 heavy (non-hydrogen) atoms. The first-order valence-electron chi connectivity index (χ1n) is 7.40. The number of carbonyl (C=O) groups is 1. The Morgan fingerprint density at radius 2 is 2.15 bits per heavy atom. The molecule has 2 atom stereocenters. The molecule has 0 bridgehead atoms.